The van der Waals surface area contributed by atoms with E-state index < -0.39 is 0 Å². The van der Waals surface area contributed by atoms with Gasteiger partial charge in [0.05, 0.1) is 16.7 Å². The fourth-order valence-corrected chi connectivity index (χ4v) is 2.35. The Morgan fingerprint density at radius 2 is 1.80 bits per heavy atom. The second-order valence-corrected chi connectivity index (χ2v) is 5.22. The van der Waals surface area contributed by atoms with E-state index in [0.717, 1.165) is 22.3 Å². The summed E-state index contributed by atoms with van der Waals surface area (Å²) in [5.74, 6) is 0. The molecule has 3 rings (SSSR count). The van der Waals surface area contributed by atoms with E-state index in [0.29, 0.717) is 0 Å². The molecule has 0 saturated carbocycles. The lowest BCUT2D eigenvalue weighted by Gasteiger charge is -1.97. The molecule has 0 spiro atoms. The average molecular weight is 283 g/mol. The van der Waals surface area contributed by atoms with Gasteiger partial charge in [-0.2, -0.15) is 0 Å². The minimum absolute atomic E-state index is 0.200. The number of nitrogens with one attached hydrogen (secondary N) is 2. The molecule has 0 radical (unpaired) electrons. The fourth-order valence-electron chi connectivity index (χ4n) is 1.94. The van der Waals surface area contributed by atoms with Crippen LogP contribution in [0.15, 0.2) is 57.1 Å². The van der Waals surface area contributed by atoms with Crippen LogP contribution in [0.1, 0.15) is 5.56 Å². The third kappa shape index (κ3) is 2.67. The van der Waals surface area contributed by atoms with E-state index in [4.69, 9.17) is 0 Å². The van der Waals surface area contributed by atoms with Gasteiger partial charge in [0.1, 0.15) is 0 Å². The molecule has 0 fully saturated rings. The Labute approximate surface area is 120 Å². The highest BCUT2D eigenvalue weighted by atomic mass is 32.2. The predicted octanol–water partition coefficient (Wildman–Crippen LogP) is 3.33. The van der Waals surface area contributed by atoms with Crippen LogP contribution in [0.3, 0.4) is 0 Å². The van der Waals surface area contributed by atoms with Crippen LogP contribution in [0, 0.1) is 0 Å². The second kappa shape index (κ2) is 5.38. The molecule has 2 aromatic carbocycles. The molecule has 0 aliphatic carbocycles. The number of H-pyrrole nitrogens is 2. The molecular weight excluding hydrogens is 270 g/mol. The van der Waals surface area contributed by atoms with Gasteiger partial charge in [-0.05, 0) is 42.2 Å². The van der Waals surface area contributed by atoms with Gasteiger partial charge in [-0.3, -0.25) is 4.99 Å². The standard InChI is InChI=1S/C15H13N3OS/c1-20-12-5-2-10(3-6-12)9-16-11-4-7-13-14(8-11)18-15(19)17-13/h2-9H,1H3,(H2,17,18,19). The summed E-state index contributed by atoms with van der Waals surface area (Å²) in [5.41, 5.74) is 3.21. The van der Waals surface area contributed by atoms with Crippen molar-refractivity contribution >= 4 is 34.7 Å². The van der Waals surface area contributed by atoms with Crippen molar-refractivity contribution in [1.82, 2.24) is 9.97 Å². The molecule has 0 atom stereocenters. The number of hydrogen-bond acceptors (Lipinski definition) is 3. The lowest BCUT2D eigenvalue weighted by Crippen LogP contribution is -1.99. The third-order valence-corrected chi connectivity index (χ3v) is 3.72. The smallest absolute Gasteiger partial charge is 0.306 e. The van der Waals surface area contributed by atoms with Crippen molar-refractivity contribution in [3.05, 3.63) is 58.5 Å². The van der Waals surface area contributed by atoms with Crippen molar-refractivity contribution in [3.63, 3.8) is 0 Å². The Morgan fingerprint density at radius 3 is 2.55 bits per heavy atom. The van der Waals surface area contributed by atoms with Gasteiger partial charge in [-0.25, -0.2) is 4.79 Å². The molecule has 100 valence electrons. The molecular formula is C15H13N3OS. The summed E-state index contributed by atoms with van der Waals surface area (Å²) in [7, 11) is 0. The summed E-state index contributed by atoms with van der Waals surface area (Å²) in [6.45, 7) is 0. The number of benzene rings is 2. The molecule has 5 heteroatoms. The highest BCUT2D eigenvalue weighted by Gasteiger charge is 1.98. The Bertz CT molecular complexity index is 815. The van der Waals surface area contributed by atoms with Crippen LogP contribution in [0.5, 0.6) is 0 Å². The van der Waals surface area contributed by atoms with Crippen molar-refractivity contribution in [1.29, 1.82) is 0 Å². The van der Waals surface area contributed by atoms with Crippen LogP contribution in [0.2, 0.25) is 0 Å². The summed E-state index contributed by atoms with van der Waals surface area (Å²) >= 11 is 1.71. The van der Waals surface area contributed by atoms with Gasteiger partial charge in [0.2, 0.25) is 0 Å². The van der Waals surface area contributed by atoms with Gasteiger partial charge in [-0.15, -0.1) is 11.8 Å². The lowest BCUT2D eigenvalue weighted by atomic mass is 10.2. The molecule has 0 saturated heterocycles. The molecule has 0 aliphatic heterocycles. The zero-order valence-electron chi connectivity index (χ0n) is 10.9. The molecule has 4 nitrogen and oxygen atoms in total. The molecule has 1 heterocycles. The van der Waals surface area contributed by atoms with E-state index in [1.165, 1.54) is 4.90 Å². The first kappa shape index (κ1) is 12.7. The molecule has 0 amide bonds. The molecule has 0 unspecified atom stereocenters. The van der Waals surface area contributed by atoms with Gasteiger partial charge in [0.15, 0.2) is 0 Å². The number of nitrogens with zero attached hydrogens (tertiary/aromatic N) is 1. The number of thioether (sulfide) groups is 1. The number of fused-ring (bicyclic) bond motifs is 1. The van der Waals surface area contributed by atoms with Crippen LogP contribution in [-0.4, -0.2) is 22.4 Å². The first-order valence-corrected chi connectivity index (χ1v) is 7.37. The number of aromatic nitrogens is 2. The summed E-state index contributed by atoms with van der Waals surface area (Å²) in [6.07, 6.45) is 3.87. The first-order valence-electron chi connectivity index (χ1n) is 6.15. The Kier molecular flexibility index (Phi) is 3.43. The SMILES string of the molecule is CSc1ccc(C=Nc2ccc3[nH]c(=O)[nH]c3c2)cc1. The minimum Gasteiger partial charge on any atom is -0.306 e. The van der Waals surface area contributed by atoms with Crippen molar-refractivity contribution < 1.29 is 0 Å². The van der Waals surface area contributed by atoms with Crippen LogP contribution in [-0.2, 0) is 0 Å². The Hall–Kier alpha value is -2.27. The summed E-state index contributed by atoms with van der Waals surface area (Å²) in [4.78, 5) is 22.3. The zero-order valence-corrected chi connectivity index (χ0v) is 11.7. The van der Waals surface area contributed by atoms with Crippen molar-refractivity contribution in [2.45, 2.75) is 4.90 Å². The van der Waals surface area contributed by atoms with E-state index in [2.05, 4.69) is 33.3 Å². The number of aliphatic imine (C=N–C) groups is 1. The molecule has 20 heavy (non-hydrogen) atoms. The van der Waals surface area contributed by atoms with Gasteiger partial charge in [-0.1, -0.05) is 12.1 Å². The normalized spacial score (nSPS) is 11.4. The van der Waals surface area contributed by atoms with Gasteiger partial charge < -0.3 is 9.97 Å². The molecule has 0 aliphatic rings. The van der Waals surface area contributed by atoms with Gasteiger partial charge >= 0.3 is 5.69 Å². The maximum atomic E-state index is 11.2. The average Bonchev–Trinajstić information content (AvgIpc) is 2.85. The summed E-state index contributed by atoms with van der Waals surface area (Å²) < 4.78 is 0. The largest absolute Gasteiger partial charge is 0.323 e. The zero-order chi connectivity index (χ0) is 13.9. The first-order chi connectivity index (χ1) is 9.74. The van der Waals surface area contributed by atoms with E-state index in [1.54, 1.807) is 11.8 Å². The molecule has 2 N–H and O–H groups in total. The lowest BCUT2D eigenvalue weighted by molar-refractivity contribution is 1.21. The molecule has 0 bridgehead atoms. The molecule has 1 aromatic heterocycles. The van der Waals surface area contributed by atoms with Gasteiger partial charge in [0, 0.05) is 11.1 Å². The highest BCUT2D eigenvalue weighted by molar-refractivity contribution is 7.98. The maximum Gasteiger partial charge on any atom is 0.323 e. The molecule has 3 aromatic rings. The van der Waals surface area contributed by atoms with Crippen molar-refractivity contribution in [2.24, 2.45) is 4.99 Å². The van der Waals surface area contributed by atoms with Crippen molar-refractivity contribution in [3.8, 4) is 0 Å². The Balaban J connectivity index is 1.87. The second-order valence-electron chi connectivity index (χ2n) is 4.34. The van der Waals surface area contributed by atoms with E-state index in [9.17, 15) is 4.79 Å². The van der Waals surface area contributed by atoms with Crippen LogP contribution in [0.25, 0.3) is 11.0 Å². The number of aromatic amines is 2. The fraction of sp³-hybridized carbons (Fsp3) is 0.0667. The maximum absolute atomic E-state index is 11.2. The topological polar surface area (TPSA) is 61.0 Å². The van der Waals surface area contributed by atoms with E-state index in [1.807, 2.05) is 36.5 Å². The van der Waals surface area contributed by atoms with E-state index >= 15 is 0 Å². The minimum atomic E-state index is -0.200. The quantitative estimate of drug-likeness (QED) is 0.572. The predicted molar refractivity (Wildman–Crippen MR) is 84.4 cm³/mol. The number of rotatable bonds is 3. The van der Waals surface area contributed by atoms with Crippen LogP contribution < -0.4 is 5.69 Å². The number of hydrogen-bond donors (Lipinski definition) is 2. The van der Waals surface area contributed by atoms with E-state index in [-0.39, 0.29) is 5.69 Å². The number of imidazole rings is 1. The monoisotopic (exact) mass is 283 g/mol. The van der Waals surface area contributed by atoms with Crippen LogP contribution >= 0.6 is 11.8 Å². The van der Waals surface area contributed by atoms with Gasteiger partial charge in [0.25, 0.3) is 0 Å². The summed E-state index contributed by atoms with van der Waals surface area (Å²) in [6, 6.07) is 13.8. The van der Waals surface area contributed by atoms with Crippen molar-refractivity contribution in [2.75, 3.05) is 6.26 Å². The summed E-state index contributed by atoms with van der Waals surface area (Å²) in [5, 5.41) is 0. The van der Waals surface area contributed by atoms with Crippen LogP contribution in [0.4, 0.5) is 5.69 Å². The third-order valence-electron chi connectivity index (χ3n) is 2.98. The Morgan fingerprint density at radius 1 is 1.05 bits per heavy atom. The highest BCUT2D eigenvalue weighted by Crippen LogP contribution is 2.18.